The average molecular weight is 392 g/mol. The summed E-state index contributed by atoms with van der Waals surface area (Å²) < 4.78 is 4.92. The van der Waals surface area contributed by atoms with Crippen LogP contribution < -0.4 is 9.84 Å². The third-order valence-corrected chi connectivity index (χ3v) is 2.10. The van der Waals surface area contributed by atoms with Crippen LogP contribution in [0.15, 0.2) is 28.2 Å². The van der Waals surface area contributed by atoms with Gasteiger partial charge in [0, 0.05) is 28.8 Å². The molecule has 0 spiro atoms. The number of hydrogen-bond acceptors (Lipinski definition) is 6. The molecule has 0 aliphatic heterocycles. The summed E-state index contributed by atoms with van der Waals surface area (Å²) in [5, 5.41) is 29.2. The van der Waals surface area contributed by atoms with Crippen molar-refractivity contribution in [3.8, 4) is 11.5 Å². The predicted octanol–water partition coefficient (Wildman–Crippen LogP) is -3.64. The second-order valence-electron chi connectivity index (χ2n) is 3.47. The number of nitrogens with zero attached hydrogens (tertiary/aromatic N) is 2. The first-order chi connectivity index (χ1) is 9.04. The van der Waals surface area contributed by atoms with Crippen molar-refractivity contribution in [3.63, 3.8) is 0 Å². The van der Waals surface area contributed by atoms with E-state index in [0.717, 1.165) is 0 Å². The van der Waals surface area contributed by atoms with Gasteiger partial charge in [-0.05, 0) is 18.0 Å². The van der Waals surface area contributed by atoms with Crippen LogP contribution in [0.5, 0.6) is 11.5 Å². The van der Waals surface area contributed by atoms with E-state index < -0.39 is 18.4 Å². The van der Waals surface area contributed by atoms with E-state index >= 15 is 0 Å². The van der Waals surface area contributed by atoms with Crippen molar-refractivity contribution < 1.29 is 63.8 Å². The molecule has 1 rings (SSSR count). The third kappa shape index (κ3) is 11.4. The van der Waals surface area contributed by atoms with Crippen LogP contribution in [0.1, 0.15) is 5.56 Å². The van der Waals surface area contributed by atoms with E-state index in [0.29, 0.717) is 11.3 Å². The third-order valence-electron chi connectivity index (χ3n) is 2.10. The van der Waals surface area contributed by atoms with Gasteiger partial charge >= 0.3 is 5.97 Å². The molecule has 0 atom stereocenters. The molecule has 0 aromatic heterocycles. The monoisotopic (exact) mass is 392 g/mol. The van der Waals surface area contributed by atoms with Crippen molar-refractivity contribution in [2.24, 2.45) is 9.98 Å². The zero-order valence-electron chi connectivity index (χ0n) is 12.6. The maximum atomic E-state index is 11.1. The Morgan fingerprint density at radius 1 is 1.25 bits per heavy atom. The predicted molar refractivity (Wildman–Crippen MR) is 81.5 cm³/mol. The summed E-state index contributed by atoms with van der Waals surface area (Å²) in [5.41, 5.74) is 0.394. The van der Waals surface area contributed by atoms with Crippen molar-refractivity contribution in [1.82, 2.24) is 0 Å². The molecule has 11 nitrogen and oxygen atoms in total. The molecule has 0 bridgehead atoms. The summed E-state index contributed by atoms with van der Waals surface area (Å²) in [6.07, 6.45) is 1.30. The van der Waals surface area contributed by atoms with Gasteiger partial charge in [-0.1, -0.05) is 6.07 Å². The van der Waals surface area contributed by atoms with Crippen molar-refractivity contribution >= 4 is 18.1 Å². The number of benzene rings is 1. The first kappa shape index (κ1) is 33.4. The maximum Gasteiger partial charge on any atom is 0.325 e. The van der Waals surface area contributed by atoms with Crippen LogP contribution in [0.2, 0.25) is 0 Å². The number of aliphatic imine (C=N–C) groups is 2. The summed E-state index contributed by atoms with van der Waals surface area (Å²) in [7, 11) is 1.42. The number of rotatable bonds is 6. The van der Waals surface area contributed by atoms with E-state index in [-0.39, 0.29) is 51.3 Å². The summed E-state index contributed by atoms with van der Waals surface area (Å²) in [6, 6.07) is 4.84. The molecule has 24 heavy (non-hydrogen) atoms. The fourth-order valence-corrected chi connectivity index (χ4v) is 1.24. The number of carbonyl (C=O) groups is 1. The number of aromatic hydroxyl groups is 1. The van der Waals surface area contributed by atoms with E-state index in [1.165, 1.54) is 13.3 Å². The summed E-state index contributed by atoms with van der Waals surface area (Å²) in [5.74, 6) is -1.60. The Labute approximate surface area is 148 Å². The van der Waals surface area contributed by atoms with Crippen LogP contribution in [0.25, 0.3) is 0 Å². The Morgan fingerprint density at radius 3 is 2.33 bits per heavy atom. The molecule has 0 saturated carbocycles. The fourth-order valence-electron chi connectivity index (χ4n) is 1.24. The minimum absolute atomic E-state index is 0. The van der Waals surface area contributed by atoms with Gasteiger partial charge < -0.3 is 42.0 Å². The second-order valence-corrected chi connectivity index (χ2v) is 3.47. The normalized spacial score (nSPS) is 9.29. The summed E-state index contributed by atoms with van der Waals surface area (Å²) >= 11 is 0. The molecule has 1 radical (unpaired) electrons. The van der Waals surface area contributed by atoms with Crippen molar-refractivity contribution in [2.75, 3.05) is 20.2 Å². The first-order valence-corrected chi connectivity index (χ1v) is 5.32. The van der Waals surface area contributed by atoms with E-state index in [2.05, 4.69) is 9.98 Å². The molecule has 0 unspecified atom stereocenters. The number of carboxylic acids is 1. The Kier molecular flexibility index (Phi) is 23.9. The average Bonchev–Trinajstić information content (AvgIpc) is 2.38. The number of aliphatic carboxylic acids is 1. The number of hydrogen-bond donors (Lipinski definition) is 2. The van der Waals surface area contributed by atoms with Gasteiger partial charge in [-0.3, -0.25) is 14.8 Å². The van der Waals surface area contributed by atoms with Crippen molar-refractivity contribution in [1.29, 1.82) is 0 Å². The number of carboxylic acid groups (broad SMARTS) is 1. The van der Waals surface area contributed by atoms with Gasteiger partial charge in [0.1, 0.15) is 6.54 Å². The van der Waals surface area contributed by atoms with Gasteiger partial charge in [-0.25, -0.2) is 0 Å². The Morgan fingerprint density at radius 2 is 1.83 bits per heavy atom. The van der Waals surface area contributed by atoms with E-state index in [4.69, 9.17) is 9.84 Å². The van der Waals surface area contributed by atoms with Crippen LogP contribution in [0, 0.1) is 0 Å². The quantitative estimate of drug-likeness (QED) is 0.282. The molecule has 1 aromatic rings. The van der Waals surface area contributed by atoms with Crippen LogP contribution in [-0.4, -0.2) is 70.4 Å². The molecule has 1 aromatic carbocycles. The van der Waals surface area contributed by atoms with Gasteiger partial charge in [0.25, 0.3) is 0 Å². The Balaban J connectivity index is -0.000000241. The van der Waals surface area contributed by atoms with Gasteiger partial charge in [0.05, 0.1) is 13.7 Å². The van der Waals surface area contributed by atoms with Gasteiger partial charge in [-0.2, -0.15) is 0 Å². The molecular weight excluding hydrogens is 371 g/mol. The smallest absolute Gasteiger partial charge is 0.325 e. The van der Waals surface area contributed by atoms with Crippen molar-refractivity contribution in [2.45, 2.75) is 0 Å². The SMILES string of the molecule is COc1cccc(C=NCC([O-])=NCC(=O)O)c1O.O.O.O.O.[Mn]. The number of phenols is 1. The molecule has 0 amide bonds. The molecule has 0 aliphatic rings. The zero-order chi connectivity index (χ0) is 14.3. The maximum absolute atomic E-state index is 11.1. The molecule has 0 fully saturated rings. The number of phenolic OH excluding ortho intramolecular Hbond substituents is 1. The molecule has 12 heteroatoms. The van der Waals surface area contributed by atoms with E-state index in [1.54, 1.807) is 18.2 Å². The van der Waals surface area contributed by atoms with E-state index in [1.807, 2.05) is 0 Å². The number of para-hydroxylation sites is 1. The van der Waals surface area contributed by atoms with E-state index in [9.17, 15) is 15.0 Å². The van der Waals surface area contributed by atoms with Crippen LogP contribution in [-0.2, 0) is 21.9 Å². The van der Waals surface area contributed by atoms with Crippen LogP contribution >= 0.6 is 0 Å². The van der Waals surface area contributed by atoms with Gasteiger partial charge in [0.2, 0.25) is 0 Å². The van der Waals surface area contributed by atoms with Crippen LogP contribution in [0.4, 0.5) is 0 Å². The minimum atomic E-state index is -1.18. The molecule has 0 aliphatic carbocycles. The van der Waals surface area contributed by atoms with Crippen LogP contribution in [0.3, 0.4) is 0 Å². The fraction of sp³-hybridized carbons (Fsp3) is 0.250. The second kappa shape index (κ2) is 17.1. The largest absolute Gasteiger partial charge is 0.861 e. The molecule has 141 valence electrons. The molecule has 0 heterocycles. The zero-order valence-corrected chi connectivity index (χ0v) is 13.8. The molecule has 10 N–H and O–H groups in total. The standard InChI is InChI=1S/C12H14N2O5.Mn.4H2O/c1-19-9-4-2-3-8(12(9)18)5-13-6-10(15)14-7-11(16)17;;;;;/h2-5,18H,6-7H2,1H3,(H,14,15)(H,16,17);;4*1H2/p-1. The first-order valence-electron chi connectivity index (χ1n) is 5.32. The van der Waals surface area contributed by atoms with Gasteiger partial charge in [0.15, 0.2) is 11.5 Å². The Bertz CT molecular complexity index is 523. The summed E-state index contributed by atoms with van der Waals surface area (Å²) in [4.78, 5) is 17.2. The number of ether oxygens (including phenoxy) is 1. The minimum Gasteiger partial charge on any atom is -0.861 e. The van der Waals surface area contributed by atoms with Crippen molar-refractivity contribution in [3.05, 3.63) is 23.8 Å². The molecule has 0 saturated heterocycles. The topological polar surface area (TPSA) is 241 Å². The number of methoxy groups -OCH3 is 1. The van der Waals surface area contributed by atoms with Gasteiger partial charge in [-0.15, -0.1) is 0 Å². The summed E-state index contributed by atoms with van der Waals surface area (Å²) in [6.45, 7) is -0.845. The Hall–Kier alpha value is -2.21. The molecular formula is C12H21MnN2O9-.